The molecule has 1 aliphatic heterocycles. The van der Waals surface area contributed by atoms with Gasteiger partial charge in [-0.2, -0.15) is 0 Å². The molecule has 1 amide bonds. The molecular formula is C18H20N2O. The van der Waals surface area contributed by atoms with Crippen molar-refractivity contribution >= 4 is 11.6 Å². The average molecular weight is 280 g/mol. The molecule has 21 heavy (non-hydrogen) atoms. The van der Waals surface area contributed by atoms with Crippen molar-refractivity contribution in [3.8, 4) is 0 Å². The highest BCUT2D eigenvalue weighted by Crippen LogP contribution is 2.20. The molecule has 108 valence electrons. The number of hydrogen-bond donors (Lipinski definition) is 2. The molecule has 1 atom stereocenters. The minimum atomic E-state index is -0.0465. The van der Waals surface area contributed by atoms with Gasteiger partial charge in [0.05, 0.1) is 6.04 Å². The number of benzene rings is 2. The number of para-hydroxylation sites is 1. The van der Waals surface area contributed by atoms with E-state index in [1.807, 2.05) is 36.4 Å². The molecule has 0 spiro atoms. The lowest BCUT2D eigenvalue weighted by atomic mass is 10.0. The first-order valence-electron chi connectivity index (χ1n) is 7.49. The van der Waals surface area contributed by atoms with Crippen LogP contribution >= 0.6 is 0 Å². The molecule has 2 N–H and O–H groups in total. The summed E-state index contributed by atoms with van der Waals surface area (Å²) >= 11 is 0. The Hall–Kier alpha value is -2.13. The van der Waals surface area contributed by atoms with Crippen LogP contribution in [0.3, 0.4) is 0 Å². The molecule has 0 aromatic heterocycles. The van der Waals surface area contributed by atoms with Crippen molar-refractivity contribution in [2.75, 3.05) is 11.9 Å². The molecule has 0 saturated carbocycles. The number of anilines is 1. The fourth-order valence-electron chi connectivity index (χ4n) is 2.74. The third-order valence-corrected chi connectivity index (χ3v) is 3.89. The summed E-state index contributed by atoms with van der Waals surface area (Å²) in [5, 5.41) is 6.31. The molecule has 0 bridgehead atoms. The van der Waals surface area contributed by atoms with Crippen molar-refractivity contribution in [1.29, 1.82) is 0 Å². The molecule has 2 aromatic rings. The van der Waals surface area contributed by atoms with Gasteiger partial charge in [0.1, 0.15) is 0 Å². The van der Waals surface area contributed by atoms with Gasteiger partial charge in [-0.3, -0.25) is 4.79 Å². The quantitative estimate of drug-likeness (QED) is 0.904. The van der Waals surface area contributed by atoms with Crippen LogP contribution in [0.1, 0.15) is 24.0 Å². The number of carbonyl (C=O) groups excluding carboxylic acids is 1. The van der Waals surface area contributed by atoms with Gasteiger partial charge in [-0.15, -0.1) is 0 Å². The van der Waals surface area contributed by atoms with Crippen molar-refractivity contribution < 1.29 is 4.79 Å². The van der Waals surface area contributed by atoms with Crippen LogP contribution in [0.25, 0.3) is 0 Å². The molecule has 1 saturated heterocycles. The minimum absolute atomic E-state index is 0.0465. The van der Waals surface area contributed by atoms with Crippen LogP contribution in [0.2, 0.25) is 0 Å². The Morgan fingerprint density at radius 3 is 2.62 bits per heavy atom. The topological polar surface area (TPSA) is 41.1 Å². The van der Waals surface area contributed by atoms with Gasteiger partial charge < -0.3 is 10.6 Å². The summed E-state index contributed by atoms with van der Waals surface area (Å²) in [6.07, 6.45) is 2.83. The van der Waals surface area contributed by atoms with E-state index in [1.54, 1.807) is 0 Å². The summed E-state index contributed by atoms with van der Waals surface area (Å²) in [6.45, 7) is 0.934. The third kappa shape index (κ3) is 3.50. The first kappa shape index (κ1) is 13.8. The molecule has 0 radical (unpaired) electrons. The van der Waals surface area contributed by atoms with Crippen molar-refractivity contribution in [3.05, 3.63) is 65.7 Å². The summed E-state index contributed by atoms with van der Waals surface area (Å²) in [7, 11) is 0. The van der Waals surface area contributed by atoms with E-state index >= 15 is 0 Å². The average Bonchev–Trinajstić information content (AvgIpc) is 3.05. The molecule has 1 fully saturated rings. The van der Waals surface area contributed by atoms with Crippen LogP contribution in [0.5, 0.6) is 0 Å². The lowest BCUT2D eigenvalue weighted by Gasteiger charge is -2.14. The minimum Gasteiger partial charge on any atom is -0.324 e. The van der Waals surface area contributed by atoms with E-state index < -0.39 is 0 Å². The third-order valence-electron chi connectivity index (χ3n) is 3.89. The fraction of sp³-hybridized carbons (Fsp3) is 0.278. The standard InChI is InChI=1S/C18H20N2O/c21-18(17-11-6-12-19-17)20-16-10-5-4-9-15(16)13-14-7-2-1-3-8-14/h1-5,7-10,17,19H,6,11-13H2,(H,20,21)/t17-/m1/s1. The Labute approximate surface area is 125 Å². The first-order valence-corrected chi connectivity index (χ1v) is 7.49. The second kappa shape index (κ2) is 6.55. The number of nitrogens with one attached hydrogen (secondary N) is 2. The van der Waals surface area contributed by atoms with E-state index in [0.29, 0.717) is 0 Å². The van der Waals surface area contributed by atoms with Gasteiger partial charge in [-0.05, 0) is 43.0 Å². The van der Waals surface area contributed by atoms with Crippen LogP contribution < -0.4 is 10.6 Å². The Balaban J connectivity index is 1.74. The molecule has 3 rings (SSSR count). The van der Waals surface area contributed by atoms with Gasteiger partial charge >= 0.3 is 0 Å². The van der Waals surface area contributed by atoms with Crippen LogP contribution in [0.15, 0.2) is 54.6 Å². The van der Waals surface area contributed by atoms with Crippen molar-refractivity contribution in [2.45, 2.75) is 25.3 Å². The van der Waals surface area contributed by atoms with E-state index in [9.17, 15) is 4.79 Å². The van der Waals surface area contributed by atoms with E-state index in [2.05, 4.69) is 28.8 Å². The summed E-state index contributed by atoms with van der Waals surface area (Å²) in [5.41, 5.74) is 3.31. The van der Waals surface area contributed by atoms with Crippen LogP contribution in [0, 0.1) is 0 Å². The van der Waals surface area contributed by atoms with Gasteiger partial charge in [-0.25, -0.2) is 0 Å². The number of rotatable bonds is 4. The number of amides is 1. The molecule has 3 heteroatoms. The second-order valence-electron chi connectivity index (χ2n) is 5.46. The Morgan fingerprint density at radius 1 is 1.10 bits per heavy atom. The zero-order chi connectivity index (χ0) is 14.5. The van der Waals surface area contributed by atoms with Crippen molar-refractivity contribution in [1.82, 2.24) is 5.32 Å². The summed E-state index contributed by atoms with van der Waals surface area (Å²) in [5.74, 6) is 0.0769. The molecule has 3 nitrogen and oxygen atoms in total. The van der Waals surface area contributed by atoms with Gasteiger partial charge in [0, 0.05) is 5.69 Å². The maximum atomic E-state index is 12.2. The largest absolute Gasteiger partial charge is 0.324 e. The van der Waals surface area contributed by atoms with E-state index in [-0.39, 0.29) is 11.9 Å². The van der Waals surface area contributed by atoms with Gasteiger partial charge in [0.15, 0.2) is 0 Å². The van der Waals surface area contributed by atoms with E-state index in [4.69, 9.17) is 0 Å². The number of hydrogen-bond acceptors (Lipinski definition) is 2. The van der Waals surface area contributed by atoms with Gasteiger partial charge in [0.2, 0.25) is 5.91 Å². The summed E-state index contributed by atoms with van der Waals surface area (Å²) in [4.78, 5) is 12.2. The maximum absolute atomic E-state index is 12.2. The molecule has 0 aliphatic carbocycles. The van der Waals surface area contributed by atoms with Crippen LogP contribution in [-0.4, -0.2) is 18.5 Å². The van der Waals surface area contributed by atoms with E-state index in [1.165, 1.54) is 5.56 Å². The molecule has 1 heterocycles. The molecule has 0 unspecified atom stereocenters. The van der Waals surface area contributed by atoms with Gasteiger partial charge in [-0.1, -0.05) is 48.5 Å². The first-order chi connectivity index (χ1) is 10.3. The lowest BCUT2D eigenvalue weighted by Crippen LogP contribution is -2.35. The fourth-order valence-corrected chi connectivity index (χ4v) is 2.74. The highest BCUT2D eigenvalue weighted by Gasteiger charge is 2.22. The Morgan fingerprint density at radius 2 is 1.86 bits per heavy atom. The maximum Gasteiger partial charge on any atom is 0.241 e. The predicted molar refractivity (Wildman–Crippen MR) is 85.3 cm³/mol. The molecule has 2 aromatic carbocycles. The highest BCUT2D eigenvalue weighted by atomic mass is 16.2. The van der Waals surface area contributed by atoms with Crippen molar-refractivity contribution in [2.24, 2.45) is 0 Å². The second-order valence-corrected chi connectivity index (χ2v) is 5.46. The van der Waals surface area contributed by atoms with Crippen LogP contribution in [-0.2, 0) is 11.2 Å². The zero-order valence-electron chi connectivity index (χ0n) is 12.0. The summed E-state index contributed by atoms with van der Waals surface area (Å²) < 4.78 is 0. The Bertz CT molecular complexity index is 604. The Kier molecular flexibility index (Phi) is 4.31. The highest BCUT2D eigenvalue weighted by molar-refractivity contribution is 5.95. The molecule has 1 aliphatic rings. The van der Waals surface area contributed by atoms with Crippen LogP contribution in [0.4, 0.5) is 5.69 Å². The predicted octanol–water partition coefficient (Wildman–Crippen LogP) is 2.97. The summed E-state index contributed by atoms with van der Waals surface area (Å²) in [6, 6.07) is 18.3. The monoisotopic (exact) mass is 280 g/mol. The smallest absolute Gasteiger partial charge is 0.241 e. The lowest BCUT2D eigenvalue weighted by molar-refractivity contribution is -0.117. The normalized spacial score (nSPS) is 17.6. The number of carbonyl (C=O) groups is 1. The zero-order valence-corrected chi connectivity index (χ0v) is 12.0. The van der Waals surface area contributed by atoms with E-state index in [0.717, 1.165) is 37.1 Å². The van der Waals surface area contributed by atoms with Gasteiger partial charge in [0.25, 0.3) is 0 Å². The molecular weight excluding hydrogens is 260 g/mol. The SMILES string of the molecule is O=C(Nc1ccccc1Cc1ccccc1)[C@H]1CCCN1. The van der Waals surface area contributed by atoms with Crippen molar-refractivity contribution in [3.63, 3.8) is 0 Å².